The van der Waals surface area contributed by atoms with Gasteiger partial charge in [0, 0.05) is 49.8 Å². The van der Waals surface area contributed by atoms with Crippen molar-refractivity contribution < 1.29 is 14.0 Å². The molecule has 0 radical (unpaired) electrons. The summed E-state index contributed by atoms with van der Waals surface area (Å²) in [5.74, 6) is 2.04. The van der Waals surface area contributed by atoms with Gasteiger partial charge in [0.2, 0.25) is 11.8 Å². The zero-order valence-corrected chi connectivity index (χ0v) is 19.1. The van der Waals surface area contributed by atoms with E-state index in [9.17, 15) is 14.0 Å². The summed E-state index contributed by atoms with van der Waals surface area (Å²) < 4.78 is 13.1. The highest BCUT2D eigenvalue weighted by Gasteiger charge is 2.40. The van der Waals surface area contributed by atoms with E-state index in [2.05, 4.69) is 10.2 Å². The lowest BCUT2D eigenvalue weighted by Crippen LogP contribution is -2.57. The van der Waals surface area contributed by atoms with Gasteiger partial charge in [-0.15, -0.1) is 0 Å². The second-order valence-corrected chi connectivity index (χ2v) is 10.5. The molecule has 2 heterocycles. The summed E-state index contributed by atoms with van der Waals surface area (Å²) in [6.07, 6.45) is 6.77. The van der Waals surface area contributed by atoms with Gasteiger partial charge in [-0.2, -0.15) is 11.8 Å². The summed E-state index contributed by atoms with van der Waals surface area (Å²) in [5, 5.41) is 3.28. The van der Waals surface area contributed by atoms with Crippen LogP contribution in [0.4, 0.5) is 4.39 Å². The van der Waals surface area contributed by atoms with Gasteiger partial charge in [-0.05, 0) is 43.4 Å². The SMILES string of the molecule is O=C(NCC1(N2CCSCC2)CCCC1)C1CCCN(C(=O)Cc2ccc(F)cc2)C1. The number of hydrogen-bond donors (Lipinski definition) is 1. The zero-order chi connectivity index (χ0) is 21.7. The number of benzene rings is 1. The van der Waals surface area contributed by atoms with Crippen LogP contribution in [-0.2, 0) is 16.0 Å². The molecule has 2 amide bonds. The Morgan fingerprint density at radius 1 is 1.06 bits per heavy atom. The van der Waals surface area contributed by atoms with E-state index in [-0.39, 0.29) is 35.5 Å². The van der Waals surface area contributed by atoms with Crippen LogP contribution in [0.25, 0.3) is 0 Å². The quantitative estimate of drug-likeness (QED) is 0.728. The molecular formula is C24H34FN3O2S. The van der Waals surface area contributed by atoms with Gasteiger partial charge < -0.3 is 10.2 Å². The number of hydrogen-bond acceptors (Lipinski definition) is 4. The van der Waals surface area contributed by atoms with Crippen LogP contribution in [0.2, 0.25) is 0 Å². The molecule has 1 aromatic rings. The zero-order valence-electron chi connectivity index (χ0n) is 18.3. The Hall–Kier alpha value is -1.60. The van der Waals surface area contributed by atoms with Crippen LogP contribution >= 0.6 is 11.8 Å². The van der Waals surface area contributed by atoms with Crippen molar-refractivity contribution in [1.29, 1.82) is 0 Å². The molecule has 0 spiro atoms. The van der Waals surface area contributed by atoms with Gasteiger partial charge >= 0.3 is 0 Å². The maximum absolute atomic E-state index is 13.1. The van der Waals surface area contributed by atoms with Crippen LogP contribution in [-0.4, -0.2) is 71.4 Å². The molecule has 3 aliphatic rings. The average molecular weight is 448 g/mol. The van der Waals surface area contributed by atoms with Crippen LogP contribution in [0.1, 0.15) is 44.1 Å². The number of rotatable bonds is 6. The predicted octanol–water partition coefficient (Wildman–Crippen LogP) is 3.08. The minimum atomic E-state index is -0.297. The third-order valence-corrected chi connectivity index (χ3v) is 8.16. The molecule has 1 aromatic carbocycles. The topological polar surface area (TPSA) is 52.7 Å². The second kappa shape index (κ2) is 10.3. The van der Waals surface area contributed by atoms with E-state index in [1.54, 1.807) is 12.1 Å². The van der Waals surface area contributed by atoms with Gasteiger partial charge in [0.1, 0.15) is 5.82 Å². The smallest absolute Gasteiger partial charge is 0.227 e. The van der Waals surface area contributed by atoms with Crippen LogP contribution in [0.15, 0.2) is 24.3 Å². The molecule has 31 heavy (non-hydrogen) atoms. The fourth-order valence-electron chi connectivity index (χ4n) is 5.38. The largest absolute Gasteiger partial charge is 0.354 e. The normalized spacial score (nSPS) is 24.2. The maximum Gasteiger partial charge on any atom is 0.227 e. The van der Waals surface area contributed by atoms with E-state index < -0.39 is 0 Å². The lowest BCUT2D eigenvalue weighted by molar-refractivity contribution is -0.135. The van der Waals surface area contributed by atoms with Crippen LogP contribution in [0.3, 0.4) is 0 Å². The number of nitrogens with one attached hydrogen (secondary N) is 1. The molecule has 1 N–H and O–H groups in total. The Kier molecular flexibility index (Phi) is 7.54. The first-order valence-corrected chi connectivity index (χ1v) is 12.8. The van der Waals surface area contributed by atoms with Crippen molar-refractivity contribution in [3.63, 3.8) is 0 Å². The van der Waals surface area contributed by atoms with Gasteiger partial charge in [0.05, 0.1) is 12.3 Å². The van der Waals surface area contributed by atoms with E-state index >= 15 is 0 Å². The molecule has 1 aliphatic carbocycles. The summed E-state index contributed by atoms with van der Waals surface area (Å²) >= 11 is 2.02. The van der Waals surface area contributed by atoms with E-state index in [1.165, 1.54) is 49.3 Å². The Balaban J connectivity index is 1.30. The first-order chi connectivity index (χ1) is 15.1. The van der Waals surface area contributed by atoms with Crippen molar-refractivity contribution in [2.75, 3.05) is 44.2 Å². The molecule has 2 saturated heterocycles. The first kappa shape index (κ1) is 22.6. The number of piperidine rings is 1. The van der Waals surface area contributed by atoms with Gasteiger partial charge in [0.15, 0.2) is 0 Å². The van der Waals surface area contributed by atoms with Crippen molar-refractivity contribution in [3.8, 4) is 0 Å². The molecule has 170 valence electrons. The van der Waals surface area contributed by atoms with Crippen molar-refractivity contribution in [2.45, 2.75) is 50.5 Å². The van der Waals surface area contributed by atoms with Crippen LogP contribution < -0.4 is 5.32 Å². The summed E-state index contributed by atoms with van der Waals surface area (Å²) in [6.45, 7) is 4.15. The number of carbonyl (C=O) groups is 2. The summed E-state index contributed by atoms with van der Waals surface area (Å²) in [4.78, 5) is 30.2. The second-order valence-electron chi connectivity index (χ2n) is 9.23. The summed E-state index contributed by atoms with van der Waals surface area (Å²) in [7, 11) is 0. The minimum Gasteiger partial charge on any atom is -0.354 e. The molecular weight excluding hydrogens is 413 g/mol. The van der Waals surface area contributed by atoms with E-state index in [1.807, 2.05) is 16.7 Å². The Morgan fingerprint density at radius 3 is 2.48 bits per heavy atom. The maximum atomic E-state index is 13.1. The summed E-state index contributed by atoms with van der Waals surface area (Å²) in [5.41, 5.74) is 0.935. The highest BCUT2D eigenvalue weighted by atomic mass is 32.2. The Morgan fingerprint density at radius 2 is 1.77 bits per heavy atom. The average Bonchev–Trinajstić information content (AvgIpc) is 3.30. The molecule has 1 atom stereocenters. The number of halogens is 1. The highest BCUT2D eigenvalue weighted by Crippen LogP contribution is 2.36. The minimum absolute atomic E-state index is 0.0159. The fourth-order valence-corrected chi connectivity index (χ4v) is 6.28. The molecule has 4 rings (SSSR count). The summed E-state index contributed by atoms with van der Waals surface area (Å²) in [6, 6.07) is 6.08. The van der Waals surface area contributed by atoms with E-state index in [0.29, 0.717) is 13.1 Å². The van der Waals surface area contributed by atoms with Crippen molar-refractivity contribution in [2.24, 2.45) is 5.92 Å². The van der Waals surface area contributed by atoms with Gasteiger partial charge in [-0.25, -0.2) is 4.39 Å². The highest BCUT2D eigenvalue weighted by molar-refractivity contribution is 7.99. The molecule has 7 heteroatoms. The van der Waals surface area contributed by atoms with Gasteiger partial charge in [-0.3, -0.25) is 14.5 Å². The molecule has 3 fully saturated rings. The number of carbonyl (C=O) groups excluding carboxylic acids is 2. The van der Waals surface area contributed by atoms with Crippen LogP contribution in [0.5, 0.6) is 0 Å². The number of amides is 2. The van der Waals surface area contributed by atoms with Crippen molar-refractivity contribution in [1.82, 2.24) is 15.1 Å². The lowest BCUT2D eigenvalue weighted by Gasteiger charge is -2.44. The number of thioether (sulfide) groups is 1. The lowest BCUT2D eigenvalue weighted by atomic mass is 9.92. The standard InChI is InChI=1S/C24H34FN3O2S/c25-21-7-5-19(6-8-21)16-22(29)27-11-3-4-20(17-27)23(30)26-18-24(9-1-2-10-24)28-12-14-31-15-13-28/h5-8,20H,1-4,9-18H2,(H,26,30). The molecule has 1 saturated carbocycles. The van der Waals surface area contributed by atoms with E-state index in [4.69, 9.17) is 0 Å². The number of likely N-dealkylation sites (tertiary alicyclic amines) is 1. The first-order valence-electron chi connectivity index (χ1n) is 11.7. The molecule has 5 nitrogen and oxygen atoms in total. The number of nitrogens with zero attached hydrogens (tertiary/aromatic N) is 2. The van der Waals surface area contributed by atoms with Crippen molar-refractivity contribution >= 4 is 23.6 Å². The monoisotopic (exact) mass is 447 g/mol. The van der Waals surface area contributed by atoms with E-state index in [0.717, 1.165) is 38.0 Å². The Bertz CT molecular complexity index is 761. The predicted molar refractivity (Wildman–Crippen MR) is 123 cm³/mol. The van der Waals surface area contributed by atoms with Gasteiger partial charge in [-0.1, -0.05) is 25.0 Å². The van der Waals surface area contributed by atoms with Crippen molar-refractivity contribution in [3.05, 3.63) is 35.6 Å². The van der Waals surface area contributed by atoms with Gasteiger partial charge in [0.25, 0.3) is 0 Å². The molecule has 0 bridgehead atoms. The Labute approximate surface area is 189 Å². The fraction of sp³-hybridized carbons (Fsp3) is 0.667. The van der Waals surface area contributed by atoms with Crippen LogP contribution in [0, 0.1) is 11.7 Å². The molecule has 1 unspecified atom stereocenters. The third kappa shape index (κ3) is 5.61. The molecule has 0 aromatic heterocycles. The third-order valence-electron chi connectivity index (χ3n) is 7.22. The molecule has 2 aliphatic heterocycles.